The lowest BCUT2D eigenvalue weighted by molar-refractivity contribution is 0.0513. The van der Waals surface area contributed by atoms with Crippen LogP contribution in [0, 0.1) is 12.3 Å². The second kappa shape index (κ2) is 10.1. The third-order valence-corrected chi connectivity index (χ3v) is 3.24. The first-order valence-electron chi connectivity index (χ1n) is 7.47. The van der Waals surface area contributed by atoms with Crippen molar-refractivity contribution in [2.45, 2.75) is 51.9 Å². The fraction of sp³-hybridized carbons (Fsp3) is 0.500. The van der Waals surface area contributed by atoms with Crippen LogP contribution in [0.5, 0.6) is 0 Å². The molecule has 1 aromatic rings. The van der Waals surface area contributed by atoms with Crippen LogP contribution in [0.2, 0.25) is 0 Å². The van der Waals surface area contributed by atoms with E-state index in [-0.39, 0.29) is 12.6 Å². The van der Waals surface area contributed by atoms with E-state index in [0.29, 0.717) is 12.0 Å². The van der Waals surface area contributed by atoms with Gasteiger partial charge in [-0.2, -0.15) is 0 Å². The number of esters is 1. The molecular weight excluding hydrogens is 248 g/mol. The van der Waals surface area contributed by atoms with Crippen molar-refractivity contribution in [3.8, 4) is 12.3 Å². The zero-order valence-corrected chi connectivity index (χ0v) is 12.4. The van der Waals surface area contributed by atoms with Crippen molar-refractivity contribution < 1.29 is 9.53 Å². The molecule has 0 saturated carbocycles. The molecule has 0 aliphatic rings. The normalized spacial score (nSPS) is 10.0. The summed E-state index contributed by atoms with van der Waals surface area (Å²) in [6.07, 6.45) is 13.1. The van der Waals surface area contributed by atoms with E-state index in [4.69, 9.17) is 11.2 Å². The maximum atomic E-state index is 11.7. The maximum Gasteiger partial charge on any atom is 0.338 e. The first kappa shape index (κ1) is 16.3. The molecule has 1 aromatic carbocycles. The zero-order chi connectivity index (χ0) is 14.6. The van der Waals surface area contributed by atoms with Crippen LogP contribution in [-0.2, 0) is 11.2 Å². The summed E-state index contributed by atoms with van der Waals surface area (Å²) in [5.74, 6) is 2.15. The van der Waals surface area contributed by atoms with E-state index in [1.807, 2.05) is 24.3 Å². The molecule has 108 valence electrons. The van der Waals surface area contributed by atoms with Gasteiger partial charge in [-0.05, 0) is 30.5 Å². The lowest BCUT2D eigenvalue weighted by atomic mass is 10.0. The quantitative estimate of drug-likeness (QED) is 0.379. The number of hydrogen-bond acceptors (Lipinski definition) is 2. The number of carbonyl (C=O) groups excluding carboxylic acids is 1. The molecule has 0 fully saturated rings. The second-order valence-electron chi connectivity index (χ2n) is 4.95. The summed E-state index contributed by atoms with van der Waals surface area (Å²) in [5.41, 5.74) is 1.87. The Morgan fingerprint density at radius 2 is 1.85 bits per heavy atom. The summed E-state index contributed by atoms with van der Waals surface area (Å²) in [6.45, 7) is 2.51. The number of carbonyl (C=O) groups is 1. The largest absolute Gasteiger partial charge is 0.461 e. The molecule has 20 heavy (non-hydrogen) atoms. The van der Waals surface area contributed by atoms with Crippen molar-refractivity contribution in [3.63, 3.8) is 0 Å². The van der Waals surface area contributed by atoms with Crippen LogP contribution in [0.1, 0.15) is 61.4 Å². The maximum absolute atomic E-state index is 11.7. The number of aryl methyl sites for hydroxylation is 1. The van der Waals surface area contributed by atoms with E-state index in [2.05, 4.69) is 12.8 Å². The average Bonchev–Trinajstić information content (AvgIpc) is 2.48. The predicted octanol–water partition coefficient (Wildman–Crippen LogP) is 4.38. The Kier molecular flexibility index (Phi) is 8.22. The van der Waals surface area contributed by atoms with Crippen molar-refractivity contribution in [3.05, 3.63) is 35.4 Å². The average molecular weight is 272 g/mol. The standard InChI is InChI=1S/C18H24O2/c1-3-5-7-8-9-10-16-11-13-17(14-12-16)18(19)20-15-6-4-2/h2,11-14H,3,5-10,15H2,1H3. The lowest BCUT2D eigenvalue weighted by Crippen LogP contribution is -2.06. The number of terminal acetylenes is 1. The highest BCUT2D eigenvalue weighted by Gasteiger charge is 2.06. The molecule has 2 nitrogen and oxygen atoms in total. The van der Waals surface area contributed by atoms with E-state index in [1.54, 1.807) is 0 Å². The Labute approximate surface area is 122 Å². The van der Waals surface area contributed by atoms with E-state index in [9.17, 15) is 4.79 Å². The zero-order valence-electron chi connectivity index (χ0n) is 12.4. The molecule has 0 heterocycles. The summed E-state index contributed by atoms with van der Waals surface area (Å²) in [6, 6.07) is 7.69. The Morgan fingerprint density at radius 3 is 2.50 bits per heavy atom. The van der Waals surface area contributed by atoms with E-state index in [0.717, 1.165) is 6.42 Å². The molecule has 0 bridgehead atoms. The Hall–Kier alpha value is -1.75. The smallest absolute Gasteiger partial charge is 0.338 e. The summed E-state index contributed by atoms with van der Waals surface area (Å²) in [7, 11) is 0. The van der Waals surface area contributed by atoms with Crippen molar-refractivity contribution in [2.24, 2.45) is 0 Å². The van der Waals surface area contributed by atoms with Gasteiger partial charge in [-0.1, -0.05) is 44.7 Å². The highest BCUT2D eigenvalue weighted by Crippen LogP contribution is 2.11. The first-order valence-corrected chi connectivity index (χ1v) is 7.47. The Bertz CT molecular complexity index is 426. The van der Waals surface area contributed by atoms with E-state index in [1.165, 1.54) is 37.7 Å². The van der Waals surface area contributed by atoms with Crippen LogP contribution >= 0.6 is 0 Å². The third kappa shape index (κ3) is 6.43. The van der Waals surface area contributed by atoms with Gasteiger partial charge in [0, 0.05) is 6.42 Å². The van der Waals surface area contributed by atoms with Gasteiger partial charge in [0.15, 0.2) is 0 Å². The van der Waals surface area contributed by atoms with Gasteiger partial charge in [0.25, 0.3) is 0 Å². The number of benzene rings is 1. The predicted molar refractivity (Wildman–Crippen MR) is 82.6 cm³/mol. The minimum Gasteiger partial charge on any atom is -0.461 e. The van der Waals surface area contributed by atoms with Gasteiger partial charge in [0.1, 0.15) is 6.61 Å². The fourth-order valence-electron chi connectivity index (χ4n) is 2.03. The third-order valence-electron chi connectivity index (χ3n) is 3.24. The van der Waals surface area contributed by atoms with Crippen LogP contribution in [0.3, 0.4) is 0 Å². The molecular formula is C18H24O2. The minimum absolute atomic E-state index is 0.286. The van der Waals surface area contributed by atoms with Crippen LogP contribution in [0.4, 0.5) is 0 Å². The highest BCUT2D eigenvalue weighted by atomic mass is 16.5. The molecule has 0 spiro atoms. The van der Waals surface area contributed by atoms with E-state index >= 15 is 0 Å². The van der Waals surface area contributed by atoms with Crippen molar-refractivity contribution in [1.29, 1.82) is 0 Å². The summed E-state index contributed by atoms with van der Waals surface area (Å²) in [5, 5.41) is 0. The van der Waals surface area contributed by atoms with Gasteiger partial charge in [-0.15, -0.1) is 12.3 Å². The van der Waals surface area contributed by atoms with Gasteiger partial charge in [-0.25, -0.2) is 4.79 Å². The first-order chi connectivity index (χ1) is 9.77. The van der Waals surface area contributed by atoms with Gasteiger partial charge in [0.05, 0.1) is 5.56 Å². The number of ether oxygens (including phenoxy) is 1. The Balaban J connectivity index is 2.32. The lowest BCUT2D eigenvalue weighted by Gasteiger charge is -2.05. The van der Waals surface area contributed by atoms with Gasteiger partial charge < -0.3 is 4.74 Å². The molecule has 1 rings (SSSR count). The molecule has 0 atom stereocenters. The monoisotopic (exact) mass is 272 g/mol. The molecule has 0 radical (unpaired) electrons. The molecule has 0 aromatic heterocycles. The topological polar surface area (TPSA) is 26.3 Å². The number of unbranched alkanes of at least 4 members (excludes halogenated alkanes) is 4. The van der Waals surface area contributed by atoms with Crippen LogP contribution < -0.4 is 0 Å². The minimum atomic E-state index is -0.297. The molecule has 0 aliphatic heterocycles. The van der Waals surface area contributed by atoms with Gasteiger partial charge >= 0.3 is 5.97 Å². The van der Waals surface area contributed by atoms with Crippen molar-refractivity contribution in [2.75, 3.05) is 6.61 Å². The summed E-state index contributed by atoms with van der Waals surface area (Å²) >= 11 is 0. The highest BCUT2D eigenvalue weighted by molar-refractivity contribution is 5.89. The summed E-state index contributed by atoms with van der Waals surface area (Å²) in [4.78, 5) is 11.7. The molecule has 0 unspecified atom stereocenters. The second-order valence-corrected chi connectivity index (χ2v) is 4.95. The molecule has 0 saturated heterocycles. The Morgan fingerprint density at radius 1 is 1.15 bits per heavy atom. The molecule has 0 N–H and O–H groups in total. The van der Waals surface area contributed by atoms with E-state index < -0.39 is 0 Å². The van der Waals surface area contributed by atoms with Crippen molar-refractivity contribution in [1.82, 2.24) is 0 Å². The fourth-order valence-corrected chi connectivity index (χ4v) is 2.03. The summed E-state index contributed by atoms with van der Waals surface area (Å²) < 4.78 is 5.05. The number of rotatable bonds is 9. The van der Waals surface area contributed by atoms with Gasteiger partial charge in [-0.3, -0.25) is 0 Å². The van der Waals surface area contributed by atoms with Crippen LogP contribution in [0.25, 0.3) is 0 Å². The van der Waals surface area contributed by atoms with Crippen LogP contribution in [-0.4, -0.2) is 12.6 Å². The van der Waals surface area contributed by atoms with Crippen molar-refractivity contribution >= 4 is 5.97 Å². The van der Waals surface area contributed by atoms with Crippen LogP contribution in [0.15, 0.2) is 24.3 Å². The SMILES string of the molecule is C#CCCOC(=O)c1ccc(CCCCCCC)cc1. The molecule has 0 aliphatic carbocycles. The molecule has 2 heteroatoms. The van der Waals surface area contributed by atoms with Gasteiger partial charge in [0.2, 0.25) is 0 Å². The number of hydrogen-bond donors (Lipinski definition) is 0. The molecule has 0 amide bonds.